The van der Waals surface area contributed by atoms with Crippen molar-refractivity contribution in [3.63, 3.8) is 0 Å². The van der Waals surface area contributed by atoms with E-state index in [1.807, 2.05) is 0 Å². The average Bonchev–Trinajstić information content (AvgIpc) is 2.59. The zero-order chi connectivity index (χ0) is 16.8. The summed E-state index contributed by atoms with van der Waals surface area (Å²) < 4.78 is 0. The van der Waals surface area contributed by atoms with E-state index in [1.54, 1.807) is 25.2 Å². The number of benzene rings is 1. The van der Waals surface area contributed by atoms with Crippen molar-refractivity contribution in [3.8, 4) is 11.1 Å². The molecule has 3 N–H and O–H groups in total. The highest BCUT2D eigenvalue weighted by molar-refractivity contribution is 7.80. The van der Waals surface area contributed by atoms with Crippen LogP contribution in [0.2, 0.25) is 0 Å². The molecule has 9 heteroatoms. The van der Waals surface area contributed by atoms with E-state index in [2.05, 4.69) is 21.2 Å². The second kappa shape index (κ2) is 7.27. The maximum absolute atomic E-state index is 12.2. The lowest BCUT2D eigenvalue weighted by molar-refractivity contribution is -0.384. The first-order valence-corrected chi connectivity index (χ1v) is 6.90. The minimum Gasteiger partial charge on any atom is -0.364 e. The number of hydrazine groups is 1. The predicted octanol–water partition coefficient (Wildman–Crippen LogP) is 1.40. The molecule has 0 saturated heterocycles. The van der Waals surface area contributed by atoms with Gasteiger partial charge in [0.1, 0.15) is 0 Å². The standard InChI is InChI=1S/C14H13N5O3S/c1-15-14(23)18-17-13(20)12-8-16-6-5-11(12)9-3-2-4-10(7-9)19(21)22/h2-8H,1H3,(H,17,20)(H2,15,18,23). The van der Waals surface area contributed by atoms with Gasteiger partial charge in [-0.05, 0) is 29.4 Å². The lowest BCUT2D eigenvalue weighted by Crippen LogP contribution is -2.45. The molecule has 0 unspecified atom stereocenters. The van der Waals surface area contributed by atoms with Crippen molar-refractivity contribution in [2.24, 2.45) is 0 Å². The van der Waals surface area contributed by atoms with Crippen molar-refractivity contribution >= 4 is 28.9 Å². The van der Waals surface area contributed by atoms with Gasteiger partial charge in [0.05, 0.1) is 10.5 Å². The van der Waals surface area contributed by atoms with Crippen LogP contribution in [0, 0.1) is 10.1 Å². The van der Waals surface area contributed by atoms with E-state index >= 15 is 0 Å². The van der Waals surface area contributed by atoms with Gasteiger partial charge in [0.25, 0.3) is 11.6 Å². The second-order valence-corrected chi connectivity index (χ2v) is 4.80. The number of amides is 1. The molecule has 0 aliphatic heterocycles. The van der Waals surface area contributed by atoms with Gasteiger partial charge in [-0.25, -0.2) is 0 Å². The maximum atomic E-state index is 12.2. The van der Waals surface area contributed by atoms with Crippen LogP contribution < -0.4 is 16.2 Å². The number of non-ortho nitro benzene ring substituents is 1. The Morgan fingerprint density at radius 1 is 1.30 bits per heavy atom. The highest BCUT2D eigenvalue weighted by Gasteiger charge is 2.15. The summed E-state index contributed by atoms with van der Waals surface area (Å²) >= 11 is 4.87. The van der Waals surface area contributed by atoms with Gasteiger partial charge in [-0.2, -0.15) is 0 Å². The Morgan fingerprint density at radius 3 is 2.78 bits per heavy atom. The van der Waals surface area contributed by atoms with Gasteiger partial charge in [-0.3, -0.25) is 30.7 Å². The molecule has 2 aromatic rings. The summed E-state index contributed by atoms with van der Waals surface area (Å²) in [5.41, 5.74) is 6.23. The van der Waals surface area contributed by atoms with Gasteiger partial charge in [-0.15, -0.1) is 0 Å². The Balaban J connectivity index is 2.34. The van der Waals surface area contributed by atoms with Crippen LogP contribution in [-0.2, 0) is 0 Å². The Hall–Kier alpha value is -3.07. The van der Waals surface area contributed by atoms with E-state index in [0.717, 1.165) is 0 Å². The Bertz CT molecular complexity index is 766. The molecule has 0 saturated carbocycles. The summed E-state index contributed by atoms with van der Waals surface area (Å²) in [5.74, 6) is -0.461. The Kier molecular flexibility index (Phi) is 5.15. The summed E-state index contributed by atoms with van der Waals surface area (Å²) in [7, 11) is 1.61. The molecule has 0 aliphatic carbocycles. The minimum atomic E-state index is -0.489. The quantitative estimate of drug-likeness (QED) is 0.443. The van der Waals surface area contributed by atoms with Crippen LogP contribution in [0.1, 0.15) is 10.4 Å². The fourth-order valence-corrected chi connectivity index (χ4v) is 1.91. The number of aromatic nitrogens is 1. The third-order valence-electron chi connectivity index (χ3n) is 2.95. The molecule has 1 amide bonds. The number of nitrogens with one attached hydrogen (secondary N) is 3. The Morgan fingerprint density at radius 2 is 2.09 bits per heavy atom. The fourth-order valence-electron chi connectivity index (χ4n) is 1.86. The molecule has 0 bridgehead atoms. The SMILES string of the molecule is CNC(=S)NNC(=O)c1cnccc1-c1cccc([N+](=O)[O-])c1. The van der Waals surface area contributed by atoms with Gasteiger partial charge < -0.3 is 5.32 Å². The first-order valence-electron chi connectivity index (χ1n) is 6.50. The molecule has 0 aliphatic rings. The van der Waals surface area contributed by atoms with Crippen LogP contribution in [-0.4, -0.2) is 28.0 Å². The van der Waals surface area contributed by atoms with Crippen LogP contribution in [0.15, 0.2) is 42.7 Å². The van der Waals surface area contributed by atoms with Crippen molar-refractivity contribution in [2.75, 3.05) is 7.05 Å². The molecule has 0 fully saturated rings. The van der Waals surface area contributed by atoms with Gasteiger partial charge in [-0.1, -0.05) is 12.1 Å². The fraction of sp³-hybridized carbons (Fsp3) is 0.0714. The molecule has 0 radical (unpaired) electrons. The number of carbonyl (C=O) groups excluding carboxylic acids is 1. The molecule has 1 aromatic carbocycles. The number of hydrogen-bond donors (Lipinski definition) is 3. The molecular formula is C14H13N5O3S. The lowest BCUT2D eigenvalue weighted by atomic mass is 10.0. The van der Waals surface area contributed by atoms with Gasteiger partial charge >= 0.3 is 0 Å². The molecule has 8 nitrogen and oxygen atoms in total. The maximum Gasteiger partial charge on any atom is 0.271 e. The number of nitrogens with zero attached hydrogens (tertiary/aromatic N) is 2. The van der Waals surface area contributed by atoms with Crippen LogP contribution >= 0.6 is 12.2 Å². The zero-order valence-electron chi connectivity index (χ0n) is 12.1. The summed E-state index contributed by atoms with van der Waals surface area (Å²) in [5, 5.41) is 13.8. The molecule has 1 heterocycles. The third-order valence-corrected chi connectivity index (χ3v) is 3.26. The molecule has 118 valence electrons. The first kappa shape index (κ1) is 16.3. The van der Waals surface area contributed by atoms with E-state index < -0.39 is 10.8 Å². The summed E-state index contributed by atoms with van der Waals surface area (Å²) in [6.07, 6.45) is 2.89. The average molecular weight is 331 g/mol. The van der Waals surface area contributed by atoms with Crippen LogP contribution in [0.3, 0.4) is 0 Å². The number of carbonyl (C=O) groups is 1. The largest absolute Gasteiger partial charge is 0.364 e. The van der Waals surface area contributed by atoms with Gasteiger partial charge in [0.2, 0.25) is 0 Å². The highest BCUT2D eigenvalue weighted by Crippen LogP contribution is 2.26. The smallest absolute Gasteiger partial charge is 0.271 e. The molecule has 2 rings (SSSR count). The van der Waals surface area contributed by atoms with Crippen molar-refractivity contribution in [2.45, 2.75) is 0 Å². The minimum absolute atomic E-state index is 0.0554. The third kappa shape index (κ3) is 3.98. The predicted molar refractivity (Wildman–Crippen MR) is 88.6 cm³/mol. The number of nitro benzene ring substituents is 1. The van der Waals surface area contributed by atoms with Crippen molar-refractivity contribution in [1.82, 2.24) is 21.2 Å². The van der Waals surface area contributed by atoms with E-state index in [1.165, 1.54) is 24.5 Å². The van der Waals surface area contributed by atoms with Crippen LogP contribution in [0.25, 0.3) is 11.1 Å². The van der Waals surface area contributed by atoms with Crippen molar-refractivity contribution in [1.29, 1.82) is 0 Å². The van der Waals surface area contributed by atoms with E-state index in [-0.39, 0.29) is 16.4 Å². The topological polar surface area (TPSA) is 109 Å². The number of hydrogen-bond acceptors (Lipinski definition) is 5. The first-order chi connectivity index (χ1) is 11.0. The molecular weight excluding hydrogens is 318 g/mol. The molecule has 0 atom stereocenters. The summed E-state index contributed by atoms with van der Waals surface area (Å²) in [4.78, 5) is 26.6. The second-order valence-electron chi connectivity index (χ2n) is 4.39. The normalized spacial score (nSPS) is 9.78. The van der Waals surface area contributed by atoms with Crippen LogP contribution in [0.5, 0.6) is 0 Å². The molecule has 23 heavy (non-hydrogen) atoms. The van der Waals surface area contributed by atoms with Crippen molar-refractivity contribution < 1.29 is 9.72 Å². The summed E-state index contributed by atoms with van der Waals surface area (Å²) in [6, 6.07) is 7.65. The van der Waals surface area contributed by atoms with E-state index in [4.69, 9.17) is 12.2 Å². The van der Waals surface area contributed by atoms with Gasteiger partial charge in [0.15, 0.2) is 5.11 Å². The number of nitro groups is 1. The number of rotatable bonds is 3. The van der Waals surface area contributed by atoms with E-state index in [9.17, 15) is 14.9 Å². The molecule has 1 aromatic heterocycles. The van der Waals surface area contributed by atoms with Crippen LogP contribution in [0.4, 0.5) is 5.69 Å². The van der Waals surface area contributed by atoms with Gasteiger partial charge in [0, 0.05) is 31.6 Å². The number of pyridine rings is 1. The summed E-state index contributed by atoms with van der Waals surface area (Å²) in [6.45, 7) is 0. The molecule has 0 spiro atoms. The zero-order valence-corrected chi connectivity index (χ0v) is 12.9. The lowest BCUT2D eigenvalue weighted by Gasteiger charge is -2.11. The monoisotopic (exact) mass is 331 g/mol. The highest BCUT2D eigenvalue weighted by atomic mass is 32.1. The Labute approximate surface area is 137 Å². The number of thiocarbonyl (C=S) groups is 1. The van der Waals surface area contributed by atoms with E-state index in [0.29, 0.717) is 11.1 Å². The van der Waals surface area contributed by atoms with Crippen molar-refractivity contribution in [3.05, 3.63) is 58.4 Å².